The monoisotopic (exact) mass is 188 g/mol. The molecule has 1 nitrogen and oxygen atoms in total. The largest absolute Gasteiger partial charge is 0.397 e. The van der Waals surface area contributed by atoms with Gasteiger partial charge in [0.05, 0.1) is 5.75 Å². The molecule has 0 amide bonds. The maximum absolute atomic E-state index is 11.6. The maximum Gasteiger partial charge on any atom is 0.397 e. The molecule has 0 aromatic carbocycles. The lowest BCUT2D eigenvalue weighted by Crippen LogP contribution is -2.14. The molecule has 11 heavy (non-hydrogen) atoms. The molecule has 0 saturated carbocycles. The maximum atomic E-state index is 11.6. The minimum Gasteiger partial charge on any atom is -0.396 e. The third-order valence-corrected chi connectivity index (χ3v) is 2.37. The quantitative estimate of drug-likeness (QED) is 0.728. The predicted octanol–water partition coefficient (Wildman–Crippen LogP) is 2.05. The van der Waals surface area contributed by atoms with Crippen molar-refractivity contribution in [2.75, 3.05) is 12.4 Å². The van der Waals surface area contributed by atoms with Crippen LogP contribution in [0.25, 0.3) is 0 Å². The summed E-state index contributed by atoms with van der Waals surface area (Å²) in [7, 11) is 0. The third-order valence-electron chi connectivity index (χ3n) is 1.07. The summed E-state index contributed by atoms with van der Waals surface area (Å²) in [6, 6.07) is 0. The molecule has 0 heterocycles. The molecular weight excluding hydrogens is 177 g/mol. The summed E-state index contributed by atoms with van der Waals surface area (Å²) in [6.45, 7) is 1.62. The number of hydrogen-bond acceptors (Lipinski definition) is 2. The van der Waals surface area contributed by atoms with Crippen LogP contribution in [-0.2, 0) is 0 Å². The second-order valence-corrected chi connectivity index (χ2v) is 3.68. The SMILES string of the molecule is CC(CCO)SCC(F)(F)F. The summed E-state index contributed by atoms with van der Waals surface area (Å²) in [5.41, 5.74) is 0. The fourth-order valence-corrected chi connectivity index (χ4v) is 1.25. The van der Waals surface area contributed by atoms with Gasteiger partial charge in [-0.25, -0.2) is 0 Å². The summed E-state index contributed by atoms with van der Waals surface area (Å²) in [5.74, 6) is -0.825. The van der Waals surface area contributed by atoms with E-state index >= 15 is 0 Å². The lowest BCUT2D eigenvalue weighted by molar-refractivity contribution is -0.105. The van der Waals surface area contributed by atoms with E-state index in [2.05, 4.69) is 0 Å². The highest BCUT2D eigenvalue weighted by Gasteiger charge is 2.27. The first-order chi connectivity index (χ1) is 4.95. The Morgan fingerprint density at radius 1 is 1.45 bits per heavy atom. The van der Waals surface area contributed by atoms with Crippen LogP contribution in [0.3, 0.4) is 0 Å². The van der Waals surface area contributed by atoms with Gasteiger partial charge in [0.25, 0.3) is 0 Å². The van der Waals surface area contributed by atoms with Crippen LogP contribution in [-0.4, -0.2) is 28.9 Å². The summed E-state index contributed by atoms with van der Waals surface area (Å²) in [5, 5.41) is 8.25. The standard InChI is InChI=1S/C6H11F3OS/c1-5(2-3-10)11-4-6(7,8)9/h5,10H,2-4H2,1H3. The molecule has 0 aromatic heterocycles. The Morgan fingerprint density at radius 3 is 2.36 bits per heavy atom. The summed E-state index contributed by atoms with van der Waals surface area (Å²) >= 11 is 0.823. The van der Waals surface area contributed by atoms with Crippen molar-refractivity contribution in [3.63, 3.8) is 0 Å². The summed E-state index contributed by atoms with van der Waals surface area (Å²) < 4.78 is 34.7. The van der Waals surface area contributed by atoms with E-state index in [4.69, 9.17) is 5.11 Å². The molecule has 0 radical (unpaired) electrons. The van der Waals surface area contributed by atoms with Crippen LogP contribution in [0.2, 0.25) is 0 Å². The van der Waals surface area contributed by atoms with Crippen molar-refractivity contribution in [3.8, 4) is 0 Å². The Hall–Kier alpha value is 0.100. The first kappa shape index (κ1) is 11.1. The molecule has 0 aliphatic heterocycles. The number of alkyl halides is 3. The van der Waals surface area contributed by atoms with Crippen LogP contribution in [0.4, 0.5) is 13.2 Å². The molecular formula is C6H11F3OS. The highest BCUT2D eigenvalue weighted by Crippen LogP contribution is 2.24. The van der Waals surface area contributed by atoms with Crippen LogP contribution in [0.15, 0.2) is 0 Å². The Bertz CT molecular complexity index is 104. The lowest BCUT2D eigenvalue weighted by Gasteiger charge is -2.10. The Morgan fingerprint density at radius 2 is 2.00 bits per heavy atom. The first-order valence-corrected chi connectivity index (χ1v) is 4.30. The Balaban J connectivity index is 3.38. The number of aliphatic hydroxyl groups excluding tert-OH is 1. The lowest BCUT2D eigenvalue weighted by atomic mass is 10.3. The number of hydrogen-bond donors (Lipinski definition) is 1. The first-order valence-electron chi connectivity index (χ1n) is 3.25. The van der Waals surface area contributed by atoms with Crippen molar-refractivity contribution < 1.29 is 18.3 Å². The van der Waals surface area contributed by atoms with Gasteiger partial charge in [-0.15, -0.1) is 11.8 Å². The van der Waals surface area contributed by atoms with Crippen molar-refractivity contribution in [1.29, 1.82) is 0 Å². The molecule has 0 fully saturated rings. The van der Waals surface area contributed by atoms with Gasteiger partial charge in [0, 0.05) is 11.9 Å². The van der Waals surface area contributed by atoms with E-state index < -0.39 is 11.9 Å². The van der Waals surface area contributed by atoms with Gasteiger partial charge in [-0.05, 0) is 6.42 Å². The topological polar surface area (TPSA) is 20.2 Å². The second kappa shape index (κ2) is 4.87. The normalized spacial score (nSPS) is 15.0. The van der Waals surface area contributed by atoms with Gasteiger partial charge in [-0.2, -0.15) is 13.2 Å². The highest BCUT2D eigenvalue weighted by atomic mass is 32.2. The van der Waals surface area contributed by atoms with Crippen LogP contribution in [0, 0.1) is 0 Å². The third kappa shape index (κ3) is 8.00. The van der Waals surface area contributed by atoms with Crippen molar-refractivity contribution in [1.82, 2.24) is 0 Å². The molecule has 0 rings (SSSR count). The fraction of sp³-hybridized carbons (Fsp3) is 1.00. The number of halogens is 3. The van der Waals surface area contributed by atoms with Crippen LogP contribution >= 0.6 is 11.8 Å². The summed E-state index contributed by atoms with van der Waals surface area (Å²) in [6.07, 6.45) is -3.67. The van der Waals surface area contributed by atoms with Crippen molar-refractivity contribution in [2.45, 2.75) is 24.8 Å². The van der Waals surface area contributed by atoms with Crippen LogP contribution < -0.4 is 0 Å². The van der Waals surface area contributed by atoms with Gasteiger partial charge in [0.15, 0.2) is 0 Å². The van der Waals surface area contributed by atoms with Crippen molar-refractivity contribution in [2.24, 2.45) is 0 Å². The molecule has 0 saturated heterocycles. The smallest absolute Gasteiger partial charge is 0.396 e. The van der Waals surface area contributed by atoms with E-state index in [0.29, 0.717) is 6.42 Å². The number of rotatable bonds is 4. The van der Waals surface area contributed by atoms with Crippen LogP contribution in [0.5, 0.6) is 0 Å². The molecule has 0 aromatic rings. The average Bonchev–Trinajstić information content (AvgIpc) is 1.83. The molecule has 0 aliphatic rings. The van der Waals surface area contributed by atoms with Gasteiger partial charge in [-0.1, -0.05) is 6.92 Å². The molecule has 68 valence electrons. The molecule has 0 bridgehead atoms. The van der Waals surface area contributed by atoms with E-state index in [0.717, 1.165) is 11.8 Å². The molecule has 1 atom stereocenters. The van der Waals surface area contributed by atoms with E-state index in [-0.39, 0.29) is 11.9 Å². The molecule has 1 unspecified atom stereocenters. The zero-order valence-electron chi connectivity index (χ0n) is 6.19. The van der Waals surface area contributed by atoms with Crippen molar-refractivity contribution >= 4 is 11.8 Å². The van der Waals surface area contributed by atoms with Gasteiger partial charge in [0.2, 0.25) is 0 Å². The Kier molecular flexibility index (Phi) is 4.92. The van der Waals surface area contributed by atoms with Gasteiger partial charge < -0.3 is 5.11 Å². The number of aliphatic hydroxyl groups is 1. The Labute approximate surface area is 68.0 Å². The predicted molar refractivity (Wildman–Crippen MR) is 39.7 cm³/mol. The van der Waals surface area contributed by atoms with Crippen molar-refractivity contribution in [3.05, 3.63) is 0 Å². The van der Waals surface area contributed by atoms with Gasteiger partial charge >= 0.3 is 6.18 Å². The molecule has 1 N–H and O–H groups in total. The minimum absolute atomic E-state index is 0.0496. The molecule has 5 heteroatoms. The summed E-state index contributed by atoms with van der Waals surface area (Å²) in [4.78, 5) is 0. The van der Waals surface area contributed by atoms with Crippen LogP contribution in [0.1, 0.15) is 13.3 Å². The zero-order chi connectivity index (χ0) is 8.91. The van der Waals surface area contributed by atoms with E-state index in [1.165, 1.54) is 0 Å². The molecule has 0 spiro atoms. The fourth-order valence-electron chi connectivity index (χ4n) is 0.502. The highest BCUT2D eigenvalue weighted by molar-refractivity contribution is 7.99. The second-order valence-electron chi connectivity index (χ2n) is 2.25. The van der Waals surface area contributed by atoms with Gasteiger partial charge in [0.1, 0.15) is 0 Å². The average molecular weight is 188 g/mol. The van der Waals surface area contributed by atoms with Gasteiger partial charge in [-0.3, -0.25) is 0 Å². The minimum atomic E-state index is -4.09. The zero-order valence-corrected chi connectivity index (χ0v) is 7.00. The van der Waals surface area contributed by atoms with E-state index in [1.54, 1.807) is 6.92 Å². The molecule has 0 aliphatic carbocycles. The number of thioether (sulfide) groups is 1. The van der Waals surface area contributed by atoms with E-state index in [1.807, 2.05) is 0 Å². The van der Waals surface area contributed by atoms with E-state index in [9.17, 15) is 13.2 Å².